The lowest BCUT2D eigenvalue weighted by atomic mass is 9.96. The molecule has 1 heterocycles. The van der Waals surface area contributed by atoms with Crippen molar-refractivity contribution in [3.63, 3.8) is 0 Å². The van der Waals surface area contributed by atoms with Gasteiger partial charge in [0, 0.05) is 10.4 Å². The number of nitrogens with zero attached hydrogens (tertiary/aromatic N) is 1. The van der Waals surface area contributed by atoms with Crippen LogP contribution in [0.15, 0.2) is 24.3 Å². The monoisotopic (exact) mass is 296 g/mol. The van der Waals surface area contributed by atoms with Crippen LogP contribution in [0.3, 0.4) is 0 Å². The Morgan fingerprint density at radius 1 is 1.33 bits per heavy atom. The van der Waals surface area contributed by atoms with Gasteiger partial charge < -0.3 is 5.32 Å². The fraction of sp³-hybridized carbons (Fsp3) is 0.294. The Morgan fingerprint density at radius 2 is 2.14 bits per heavy atom. The van der Waals surface area contributed by atoms with Crippen molar-refractivity contribution in [2.75, 3.05) is 5.32 Å². The molecule has 1 aliphatic rings. The van der Waals surface area contributed by atoms with Gasteiger partial charge in [-0.3, -0.25) is 4.79 Å². The summed E-state index contributed by atoms with van der Waals surface area (Å²) >= 11 is 1.56. The van der Waals surface area contributed by atoms with Crippen LogP contribution in [0.25, 0.3) is 0 Å². The molecule has 0 aliphatic heterocycles. The molecule has 1 N–H and O–H groups in total. The zero-order valence-electron chi connectivity index (χ0n) is 11.9. The molecular formula is C17H16N2OS. The van der Waals surface area contributed by atoms with Crippen LogP contribution in [0.1, 0.15) is 44.8 Å². The zero-order chi connectivity index (χ0) is 14.8. The van der Waals surface area contributed by atoms with Crippen LogP contribution < -0.4 is 5.32 Å². The van der Waals surface area contributed by atoms with E-state index in [9.17, 15) is 10.1 Å². The predicted octanol–water partition coefficient (Wildman–Crippen LogP) is 4.06. The molecule has 0 unspecified atom stereocenters. The Balaban J connectivity index is 1.90. The molecule has 1 aliphatic carbocycles. The summed E-state index contributed by atoms with van der Waals surface area (Å²) in [5, 5.41) is 13.0. The molecule has 1 aromatic carbocycles. The first-order valence-corrected chi connectivity index (χ1v) is 7.93. The van der Waals surface area contributed by atoms with E-state index in [0.29, 0.717) is 16.1 Å². The number of carbonyl (C=O) groups is 1. The topological polar surface area (TPSA) is 52.9 Å². The number of nitrogens with one attached hydrogen (secondary N) is 1. The van der Waals surface area contributed by atoms with E-state index in [2.05, 4.69) is 11.4 Å². The summed E-state index contributed by atoms with van der Waals surface area (Å²) in [6.45, 7) is 1.96. The maximum Gasteiger partial charge on any atom is 0.256 e. The highest BCUT2D eigenvalue weighted by atomic mass is 32.1. The van der Waals surface area contributed by atoms with Gasteiger partial charge in [-0.2, -0.15) is 5.26 Å². The van der Waals surface area contributed by atoms with Crippen molar-refractivity contribution >= 4 is 22.2 Å². The Kier molecular flexibility index (Phi) is 3.76. The van der Waals surface area contributed by atoms with Gasteiger partial charge in [0.25, 0.3) is 5.91 Å². The summed E-state index contributed by atoms with van der Waals surface area (Å²) in [6, 6.07) is 9.75. The molecule has 106 valence electrons. The molecule has 3 nitrogen and oxygen atoms in total. The van der Waals surface area contributed by atoms with Crippen LogP contribution in [0, 0.1) is 18.3 Å². The molecule has 0 spiro atoms. The van der Waals surface area contributed by atoms with E-state index in [4.69, 9.17) is 0 Å². The van der Waals surface area contributed by atoms with E-state index >= 15 is 0 Å². The van der Waals surface area contributed by atoms with Crippen LogP contribution in [0.2, 0.25) is 0 Å². The second-order valence-corrected chi connectivity index (χ2v) is 6.46. The van der Waals surface area contributed by atoms with Crippen molar-refractivity contribution in [2.45, 2.75) is 32.6 Å². The lowest BCUT2D eigenvalue weighted by Crippen LogP contribution is -2.12. The number of hydrogen-bond acceptors (Lipinski definition) is 3. The number of rotatable bonds is 2. The van der Waals surface area contributed by atoms with Crippen molar-refractivity contribution < 1.29 is 4.79 Å². The Morgan fingerprint density at radius 3 is 2.90 bits per heavy atom. The van der Waals surface area contributed by atoms with E-state index in [1.165, 1.54) is 11.3 Å². The molecule has 0 saturated heterocycles. The number of nitriles is 1. The number of hydrogen-bond donors (Lipinski definition) is 1. The van der Waals surface area contributed by atoms with Gasteiger partial charge in [-0.15, -0.1) is 11.3 Å². The highest BCUT2D eigenvalue weighted by Crippen LogP contribution is 2.37. The molecule has 0 fully saturated rings. The van der Waals surface area contributed by atoms with Crippen LogP contribution in [0.4, 0.5) is 5.00 Å². The van der Waals surface area contributed by atoms with Gasteiger partial charge in [0.1, 0.15) is 11.1 Å². The van der Waals surface area contributed by atoms with Gasteiger partial charge in [0.05, 0.1) is 5.56 Å². The average Bonchev–Trinajstić information content (AvgIpc) is 2.84. The minimum Gasteiger partial charge on any atom is -0.312 e. The first kappa shape index (κ1) is 13.8. The fourth-order valence-corrected chi connectivity index (χ4v) is 3.97. The van der Waals surface area contributed by atoms with E-state index < -0.39 is 0 Å². The molecule has 1 aromatic heterocycles. The molecule has 0 atom stereocenters. The van der Waals surface area contributed by atoms with Crippen molar-refractivity contribution in [1.82, 2.24) is 0 Å². The SMILES string of the molecule is Cc1cccc(C(=O)Nc2sc3c(c2C#N)CCCC3)c1. The third kappa shape index (κ3) is 2.70. The Hall–Kier alpha value is -2.12. The van der Waals surface area contributed by atoms with Crippen LogP contribution >= 0.6 is 11.3 Å². The minimum atomic E-state index is -0.145. The van der Waals surface area contributed by atoms with Gasteiger partial charge in [-0.1, -0.05) is 17.7 Å². The van der Waals surface area contributed by atoms with Crippen molar-refractivity contribution in [3.8, 4) is 6.07 Å². The maximum atomic E-state index is 12.3. The smallest absolute Gasteiger partial charge is 0.256 e. The highest BCUT2D eigenvalue weighted by molar-refractivity contribution is 7.16. The number of amides is 1. The number of thiophene rings is 1. The summed E-state index contributed by atoms with van der Waals surface area (Å²) in [5.41, 5.74) is 3.49. The Bertz CT molecular complexity index is 740. The molecule has 2 aromatic rings. The summed E-state index contributed by atoms with van der Waals surface area (Å²) in [6.07, 6.45) is 4.28. The second-order valence-electron chi connectivity index (χ2n) is 5.35. The third-order valence-corrected chi connectivity index (χ3v) is 5.00. The van der Waals surface area contributed by atoms with E-state index in [1.807, 2.05) is 25.1 Å². The van der Waals surface area contributed by atoms with Gasteiger partial charge in [-0.25, -0.2) is 0 Å². The van der Waals surface area contributed by atoms with Crippen LogP contribution in [-0.4, -0.2) is 5.91 Å². The largest absolute Gasteiger partial charge is 0.312 e. The summed E-state index contributed by atoms with van der Waals surface area (Å²) in [7, 11) is 0. The highest BCUT2D eigenvalue weighted by Gasteiger charge is 2.22. The Labute approximate surface area is 128 Å². The number of anilines is 1. The van der Waals surface area contributed by atoms with Crippen molar-refractivity contribution in [3.05, 3.63) is 51.4 Å². The van der Waals surface area contributed by atoms with Gasteiger partial charge >= 0.3 is 0 Å². The summed E-state index contributed by atoms with van der Waals surface area (Å²) in [4.78, 5) is 13.6. The molecular weight excluding hydrogens is 280 g/mol. The standard InChI is InChI=1S/C17H16N2OS/c1-11-5-4-6-12(9-11)16(20)19-17-14(10-18)13-7-2-3-8-15(13)21-17/h4-6,9H,2-3,7-8H2,1H3,(H,19,20). The lowest BCUT2D eigenvalue weighted by Gasteiger charge is -2.09. The molecule has 21 heavy (non-hydrogen) atoms. The van der Waals surface area contributed by atoms with E-state index in [-0.39, 0.29) is 5.91 Å². The first-order valence-electron chi connectivity index (χ1n) is 7.11. The average molecular weight is 296 g/mol. The molecule has 4 heteroatoms. The summed E-state index contributed by atoms with van der Waals surface area (Å²) < 4.78 is 0. The minimum absolute atomic E-state index is 0.145. The van der Waals surface area contributed by atoms with Gasteiger partial charge in [0.15, 0.2) is 0 Å². The molecule has 0 saturated carbocycles. The predicted molar refractivity (Wildman–Crippen MR) is 84.8 cm³/mol. The quantitative estimate of drug-likeness (QED) is 0.908. The number of benzene rings is 1. The van der Waals surface area contributed by atoms with E-state index in [1.54, 1.807) is 17.4 Å². The van der Waals surface area contributed by atoms with Gasteiger partial charge in [0.2, 0.25) is 0 Å². The third-order valence-electron chi connectivity index (χ3n) is 3.79. The zero-order valence-corrected chi connectivity index (χ0v) is 12.7. The number of carbonyl (C=O) groups excluding carboxylic acids is 1. The number of aryl methyl sites for hydroxylation is 2. The summed E-state index contributed by atoms with van der Waals surface area (Å²) in [5.74, 6) is -0.145. The second kappa shape index (κ2) is 5.71. The number of fused-ring (bicyclic) bond motifs is 1. The van der Waals surface area contributed by atoms with Crippen molar-refractivity contribution in [2.24, 2.45) is 0 Å². The van der Waals surface area contributed by atoms with Crippen molar-refractivity contribution in [1.29, 1.82) is 5.26 Å². The van der Waals surface area contributed by atoms with Gasteiger partial charge in [-0.05, 0) is 50.3 Å². The normalized spacial score (nSPS) is 13.3. The molecule has 0 radical (unpaired) electrons. The molecule has 3 rings (SSSR count). The van der Waals surface area contributed by atoms with Crippen LogP contribution in [0.5, 0.6) is 0 Å². The van der Waals surface area contributed by atoms with Crippen LogP contribution in [-0.2, 0) is 12.8 Å². The molecule has 0 bridgehead atoms. The van der Waals surface area contributed by atoms with E-state index in [0.717, 1.165) is 30.4 Å². The fourth-order valence-electron chi connectivity index (χ4n) is 2.73. The molecule has 1 amide bonds. The lowest BCUT2D eigenvalue weighted by molar-refractivity contribution is 0.102. The first-order chi connectivity index (χ1) is 10.2. The maximum absolute atomic E-state index is 12.3.